The highest BCUT2D eigenvalue weighted by Gasteiger charge is 2.45. The molecule has 0 saturated heterocycles. The van der Waals surface area contributed by atoms with E-state index < -0.39 is 0 Å². The number of thiophene rings is 1. The van der Waals surface area contributed by atoms with Crippen LogP contribution in [0.4, 0.5) is 28.4 Å². The summed E-state index contributed by atoms with van der Waals surface area (Å²) in [5.41, 5.74) is 12.7. The van der Waals surface area contributed by atoms with E-state index in [-0.39, 0.29) is 6.85 Å². The monoisotopic (exact) mass is 540 g/mol. The molecular weight excluding hydrogens is 515 g/mol. The van der Waals surface area contributed by atoms with Crippen molar-refractivity contribution in [2.45, 2.75) is 6.92 Å². The first-order valence-corrected chi connectivity index (χ1v) is 15.0. The van der Waals surface area contributed by atoms with E-state index in [0.29, 0.717) is 0 Å². The number of hydrogen-bond acceptors (Lipinski definition) is 3. The third-order valence-electron chi connectivity index (χ3n) is 8.64. The van der Waals surface area contributed by atoms with Crippen molar-refractivity contribution in [1.82, 2.24) is 0 Å². The predicted octanol–water partition coefficient (Wildman–Crippen LogP) is 9.07. The maximum atomic E-state index is 2.58. The summed E-state index contributed by atoms with van der Waals surface area (Å²) in [6.07, 6.45) is 0. The van der Waals surface area contributed by atoms with Crippen molar-refractivity contribution in [3.05, 3.63) is 139 Å². The first-order valence-electron chi connectivity index (χ1n) is 14.1. The highest BCUT2D eigenvalue weighted by molar-refractivity contribution is 7.25. The van der Waals surface area contributed by atoms with E-state index in [1.54, 1.807) is 0 Å². The number of anilines is 5. The van der Waals surface area contributed by atoms with Crippen LogP contribution in [0.25, 0.3) is 31.3 Å². The normalized spacial score (nSPS) is 13.3. The summed E-state index contributed by atoms with van der Waals surface area (Å²) >= 11 is 1.89. The molecule has 0 N–H and O–H groups in total. The van der Waals surface area contributed by atoms with Crippen LogP contribution in [0.15, 0.2) is 133 Å². The van der Waals surface area contributed by atoms with Gasteiger partial charge in [-0.2, -0.15) is 0 Å². The minimum Gasteiger partial charge on any atom is -0.376 e. The van der Waals surface area contributed by atoms with Crippen LogP contribution in [0, 0.1) is 6.92 Å². The lowest BCUT2D eigenvalue weighted by atomic mass is 9.43. The number of aryl methyl sites for hydroxylation is 1. The van der Waals surface area contributed by atoms with E-state index in [9.17, 15) is 0 Å². The molecule has 0 bridgehead atoms. The van der Waals surface area contributed by atoms with Gasteiger partial charge in [-0.3, -0.25) is 0 Å². The molecule has 2 nitrogen and oxygen atoms in total. The van der Waals surface area contributed by atoms with E-state index in [2.05, 4.69) is 150 Å². The summed E-state index contributed by atoms with van der Waals surface area (Å²) in [6, 6.07) is 49.2. The fraction of sp³-hybridized carbons (Fsp3) is 0.0270. The molecule has 0 aliphatic carbocycles. The predicted molar refractivity (Wildman–Crippen MR) is 178 cm³/mol. The zero-order valence-corrected chi connectivity index (χ0v) is 23.4. The van der Waals surface area contributed by atoms with Crippen molar-refractivity contribution in [3.63, 3.8) is 0 Å². The van der Waals surface area contributed by atoms with Crippen molar-refractivity contribution in [2.75, 3.05) is 9.71 Å². The van der Waals surface area contributed by atoms with Gasteiger partial charge in [0.05, 0.1) is 0 Å². The second-order valence-electron chi connectivity index (χ2n) is 11.0. The minimum absolute atomic E-state index is 0.0542. The number of rotatable bonds is 2. The Kier molecular flexibility index (Phi) is 4.82. The Balaban J connectivity index is 1.44. The Morgan fingerprint density at radius 1 is 0.537 bits per heavy atom. The first kappa shape index (κ1) is 23.0. The zero-order chi connectivity index (χ0) is 27.1. The molecule has 0 atom stereocenters. The second kappa shape index (κ2) is 8.60. The number of para-hydroxylation sites is 3. The summed E-state index contributed by atoms with van der Waals surface area (Å²) < 4.78 is 2.67. The average Bonchev–Trinajstić information content (AvgIpc) is 3.38. The molecule has 192 valence electrons. The molecule has 4 heteroatoms. The average molecular weight is 541 g/mol. The molecule has 9 rings (SSSR count). The van der Waals surface area contributed by atoms with Crippen LogP contribution < -0.4 is 20.6 Å². The molecule has 0 amide bonds. The Bertz CT molecular complexity index is 2130. The van der Waals surface area contributed by atoms with Crippen LogP contribution >= 0.6 is 11.3 Å². The Morgan fingerprint density at radius 2 is 1.24 bits per heavy atom. The molecule has 41 heavy (non-hydrogen) atoms. The van der Waals surface area contributed by atoms with E-state index in [1.807, 2.05) is 11.3 Å². The van der Waals surface area contributed by atoms with Gasteiger partial charge in [0.1, 0.15) is 0 Å². The molecule has 2 aliphatic rings. The fourth-order valence-corrected chi connectivity index (χ4v) is 8.12. The number of hydrogen-bond donors (Lipinski definition) is 0. The molecule has 0 unspecified atom stereocenters. The van der Waals surface area contributed by atoms with E-state index in [4.69, 9.17) is 0 Å². The number of fused-ring (bicyclic) bond motifs is 7. The lowest BCUT2D eigenvalue weighted by Gasteiger charge is -2.45. The molecule has 0 spiro atoms. The highest BCUT2D eigenvalue weighted by Crippen LogP contribution is 2.49. The van der Waals surface area contributed by atoms with Crippen LogP contribution in [-0.4, -0.2) is 6.85 Å². The van der Waals surface area contributed by atoms with Crippen molar-refractivity contribution >= 4 is 77.7 Å². The Labute approximate surface area is 243 Å². The van der Waals surface area contributed by atoms with Crippen molar-refractivity contribution < 1.29 is 0 Å². The van der Waals surface area contributed by atoms with Gasteiger partial charge >= 0.3 is 6.85 Å². The maximum absolute atomic E-state index is 2.58. The van der Waals surface area contributed by atoms with Crippen LogP contribution in [0.3, 0.4) is 0 Å². The van der Waals surface area contributed by atoms with Crippen molar-refractivity contribution in [2.24, 2.45) is 0 Å². The summed E-state index contributed by atoms with van der Waals surface area (Å²) in [7, 11) is 0. The van der Waals surface area contributed by atoms with Crippen molar-refractivity contribution in [3.8, 4) is 11.1 Å². The van der Waals surface area contributed by atoms with Crippen LogP contribution in [-0.2, 0) is 0 Å². The molecule has 1 aromatic heterocycles. The molecule has 7 aromatic rings. The summed E-state index contributed by atoms with van der Waals surface area (Å²) in [5.74, 6) is 0. The molecule has 2 aliphatic heterocycles. The van der Waals surface area contributed by atoms with Crippen molar-refractivity contribution in [1.29, 1.82) is 0 Å². The SMILES string of the molecule is Cc1cc2c3c(c1)N(c1ccccc1)c1ccccc1B3N(c1ccccc1)c1cc3sc4ccccc4c3cc1-2. The topological polar surface area (TPSA) is 6.48 Å². The lowest BCUT2D eigenvalue weighted by molar-refractivity contribution is 1.26. The van der Waals surface area contributed by atoms with Crippen LogP contribution in [0.1, 0.15) is 5.56 Å². The molecule has 0 fully saturated rings. The van der Waals surface area contributed by atoms with Gasteiger partial charge in [0.2, 0.25) is 0 Å². The highest BCUT2D eigenvalue weighted by atomic mass is 32.1. The largest absolute Gasteiger partial charge is 0.376 e. The second-order valence-corrected chi connectivity index (χ2v) is 12.1. The van der Waals surface area contributed by atoms with Gasteiger partial charge < -0.3 is 9.71 Å². The smallest absolute Gasteiger partial charge is 0.333 e. The quantitative estimate of drug-likeness (QED) is 0.202. The van der Waals surface area contributed by atoms with Crippen LogP contribution in [0.2, 0.25) is 0 Å². The molecule has 0 saturated carbocycles. The van der Waals surface area contributed by atoms with Gasteiger partial charge in [0.15, 0.2) is 0 Å². The Morgan fingerprint density at radius 3 is 2.07 bits per heavy atom. The van der Waals surface area contributed by atoms with E-state index in [0.717, 1.165) is 0 Å². The van der Waals surface area contributed by atoms with Gasteiger partial charge in [-0.15, -0.1) is 11.3 Å². The van der Waals surface area contributed by atoms with E-state index in [1.165, 1.54) is 76.2 Å². The third-order valence-corrected chi connectivity index (χ3v) is 9.77. The van der Waals surface area contributed by atoms with Crippen LogP contribution in [0.5, 0.6) is 0 Å². The summed E-state index contributed by atoms with van der Waals surface area (Å²) in [4.78, 5) is 5.05. The summed E-state index contributed by atoms with van der Waals surface area (Å²) in [5, 5.41) is 2.67. The van der Waals surface area contributed by atoms with E-state index >= 15 is 0 Å². The van der Waals surface area contributed by atoms with Gasteiger partial charge in [-0.25, -0.2) is 0 Å². The fourth-order valence-electron chi connectivity index (χ4n) is 7.00. The number of benzene rings is 6. The zero-order valence-electron chi connectivity index (χ0n) is 22.6. The summed E-state index contributed by atoms with van der Waals surface area (Å²) in [6.45, 7) is 2.29. The maximum Gasteiger partial charge on any atom is 0.333 e. The standard InChI is InChI=1S/C37H25BN2S/c1-24-20-30-28-22-29-27-16-8-11-19-35(27)41-36(29)23-33(28)40(26-14-6-3-7-15-26)38-31-17-9-10-18-32(31)39(34(21-24)37(30)38)25-12-4-2-5-13-25/h2-23H,1H3. The third kappa shape index (κ3) is 3.25. The minimum atomic E-state index is 0.0542. The van der Waals surface area contributed by atoms with Gasteiger partial charge in [-0.05, 0) is 83.6 Å². The Hall–Kier alpha value is -4.80. The molecule has 6 aromatic carbocycles. The lowest BCUT2D eigenvalue weighted by Crippen LogP contribution is -2.61. The molecule has 0 radical (unpaired) electrons. The molecule has 3 heterocycles. The molecular formula is C37H25BN2S. The van der Waals surface area contributed by atoms with Gasteiger partial charge in [-0.1, -0.05) is 78.9 Å². The van der Waals surface area contributed by atoms with Gasteiger partial charge in [0.25, 0.3) is 0 Å². The van der Waals surface area contributed by atoms with Gasteiger partial charge in [0, 0.05) is 54.2 Å². The first-order chi connectivity index (χ1) is 20.3. The number of nitrogens with zero attached hydrogens (tertiary/aromatic N) is 2.